The highest BCUT2D eigenvalue weighted by molar-refractivity contribution is 6.74. The van der Waals surface area contributed by atoms with Crippen LogP contribution in [0.2, 0.25) is 18.1 Å². The van der Waals surface area contributed by atoms with Gasteiger partial charge in [-0.2, -0.15) is 0 Å². The van der Waals surface area contributed by atoms with Crippen LogP contribution in [-0.4, -0.2) is 13.9 Å². The molecule has 2 heteroatoms. The topological polar surface area (TPSA) is 9.23 Å². The van der Waals surface area contributed by atoms with Crippen LogP contribution in [0.15, 0.2) is 37.5 Å². The quantitative estimate of drug-likeness (QED) is 0.276. The Bertz CT molecular complexity index is 414. The Hall–Kier alpha value is -0.603. The van der Waals surface area contributed by atoms with Crippen molar-refractivity contribution >= 4 is 8.32 Å². The van der Waals surface area contributed by atoms with Gasteiger partial charge in [0.2, 0.25) is 0 Å². The van der Waals surface area contributed by atoms with Crippen LogP contribution in [0.3, 0.4) is 0 Å². The average molecular weight is 351 g/mol. The molecule has 0 unspecified atom stereocenters. The van der Waals surface area contributed by atoms with Crippen LogP contribution in [0.1, 0.15) is 67.2 Å². The van der Waals surface area contributed by atoms with Crippen LogP contribution in [0.5, 0.6) is 0 Å². The van der Waals surface area contributed by atoms with Crippen LogP contribution in [0.25, 0.3) is 0 Å². The van der Waals surface area contributed by atoms with Gasteiger partial charge in [-0.3, -0.25) is 0 Å². The molecule has 0 aliphatic rings. The molecule has 0 rings (SSSR count). The first kappa shape index (κ1) is 23.4. The van der Waals surface area contributed by atoms with Crippen molar-refractivity contribution in [1.29, 1.82) is 0 Å². The maximum Gasteiger partial charge on any atom is 0.193 e. The lowest BCUT2D eigenvalue weighted by atomic mass is 9.88. The molecule has 0 radical (unpaired) electrons. The molecule has 24 heavy (non-hydrogen) atoms. The first-order valence-electron chi connectivity index (χ1n) is 9.50. The fourth-order valence-electron chi connectivity index (χ4n) is 2.58. The Morgan fingerprint density at radius 1 is 1.00 bits per heavy atom. The van der Waals surface area contributed by atoms with Crippen LogP contribution >= 0.6 is 0 Å². The van der Waals surface area contributed by atoms with Crippen molar-refractivity contribution in [3.63, 3.8) is 0 Å². The Morgan fingerprint density at radius 2 is 1.54 bits per heavy atom. The number of allylic oxidation sites excluding steroid dienone is 3. The average Bonchev–Trinajstić information content (AvgIpc) is 2.43. The Balaban J connectivity index is 5.38. The zero-order chi connectivity index (χ0) is 19.0. The molecule has 0 aromatic carbocycles. The first-order chi connectivity index (χ1) is 10.9. The summed E-state index contributed by atoms with van der Waals surface area (Å²) in [5, 5.41) is 0.219. The third kappa shape index (κ3) is 7.98. The maximum atomic E-state index is 6.81. The van der Waals surface area contributed by atoms with E-state index in [2.05, 4.69) is 79.9 Å². The van der Waals surface area contributed by atoms with Crippen LogP contribution in [-0.2, 0) is 4.43 Å². The minimum atomic E-state index is -1.82. The monoisotopic (exact) mass is 350 g/mol. The summed E-state index contributed by atoms with van der Waals surface area (Å²) < 4.78 is 6.81. The van der Waals surface area contributed by atoms with Crippen molar-refractivity contribution in [2.75, 3.05) is 0 Å². The van der Waals surface area contributed by atoms with Crippen molar-refractivity contribution in [3.8, 4) is 0 Å². The molecule has 0 aromatic rings. The summed E-state index contributed by atoms with van der Waals surface area (Å²) in [5.41, 5.74) is -0.210. The van der Waals surface area contributed by atoms with E-state index in [0.717, 1.165) is 25.7 Å². The van der Waals surface area contributed by atoms with Gasteiger partial charge < -0.3 is 4.43 Å². The molecule has 0 bridgehead atoms. The normalized spacial score (nSPS) is 17.0. The predicted octanol–water partition coefficient (Wildman–Crippen LogP) is 7.53. The maximum absolute atomic E-state index is 6.81. The van der Waals surface area contributed by atoms with Crippen molar-refractivity contribution in [2.24, 2.45) is 11.8 Å². The fraction of sp³-hybridized carbons (Fsp3) is 0.727. The van der Waals surface area contributed by atoms with Gasteiger partial charge in [-0.15, -0.1) is 13.2 Å². The molecule has 0 aromatic heterocycles. The minimum Gasteiger partial charge on any atom is -0.408 e. The highest BCUT2D eigenvalue weighted by Gasteiger charge is 2.41. The standard InChI is InChI=1S/C22H42OSi/c1-11-13-15-20(19(3)4)16-18-22(8,17-14-12-2)23-24(9,10)21(5,6)7/h11-12,16,18-20H,1-2,13-15,17H2,3-10H3/t20-,22-/m0/s1. The second-order valence-corrected chi connectivity index (χ2v) is 13.9. The van der Waals surface area contributed by atoms with Crippen LogP contribution in [0, 0.1) is 11.8 Å². The lowest BCUT2D eigenvalue weighted by Crippen LogP contribution is -2.48. The molecule has 0 aliphatic heterocycles. The fourth-order valence-corrected chi connectivity index (χ4v) is 4.22. The summed E-state index contributed by atoms with van der Waals surface area (Å²) >= 11 is 0. The van der Waals surface area contributed by atoms with E-state index in [-0.39, 0.29) is 10.6 Å². The van der Waals surface area contributed by atoms with Gasteiger partial charge in [-0.1, -0.05) is 58.9 Å². The molecular weight excluding hydrogens is 308 g/mol. The second-order valence-electron chi connectivity index (χ2n) is 9.14. The summed E-state index contributed by atoms with van der Waals surface area (Å²) in [5.74, 6) is 1.21. The van der Waals surface area contributed by atoms with E-state index in [9.17, 15) is 0 Å². The third-order valence-corrected chi connectivity index (χ3v) is 9.98. The van der Waals surface area contributed by atoms with E-state index in [1.807, 2.05) is 12.2 Å². The van der Waals surface area contributed by atoms with E-state index in [0.29, 0.717) is 11.8 Å². The third-order valence-electron chi connectivity index (χ3n) is 5.40. The number of hydrogen-bond donors (Lipinski definition) is 0. The van der Waals surface area contributed by atoms with E-state index < -0.39 is 8.32 Å². The molecular formula is C22H42OSi. The van der Waals surface area contributed by atoms with Gasteiger partial charge >= 0.3 is 0 Å². The number of rotatable bonds is 11. The van der Waals surface area contributed by atoms with Gasteiger partial charge in [-0.05, 0) is 62.6 Å². The highest BCUT2D eigenvalue weighted by Crippen LogP contribution is 2.40. The first-order valence-corrected chi connectivity index (χ1v) is 12.4. The van der Waals surface area contributed by atoms with Gasteiger partial charge in [0.05, 0.1) is 5.60 Å². The summed E-state index contributed by atoms with van der Waals surface area (Å²) in [6.07, 6.45) is 13.0. The van der Waals surface area contributed by atoms with Gasteiger partial charge in [0.25, 0.3) is 0 Å². The summed E-state index contributed by atoms with van der Waals surface area (Å²) in [7, 11) is -1.82. The Kier molecular flexibility index (Phi) is 9.52. The lowest BCUT2D eigenvalue weighted by Gasteiger charge is -2.43. The summed E-state index contributed by atoms with van der Waals surface area (Å²) in [6, 6.07) is 0. The van der Waals surface area contributed by atoms with Gasteiger partial charge in [0, 0.05) is 0 Å². The summed E-state index contributed by atoms with van der Waals surface area (Å²) in [4.78, 5) is 0. The molecule has 140 valence electrons. The van der Waals surface area contributed by atoms with Crippen molar-refractivity contribution in [1.82, 2.24) is 0 Å². The predicted molar refractivity (Wildman–Crippen MR) is 113 cm³/mol. The van der Waals surface area contributed by atoms with Crippen LogP contribution in [0.4, 0.5) is 0 Å². The molecule has 0 fully saturated rings. The minimum absolute atomic E-state index is 0.210. The zero-order valence-electron chi connectivity index (χ0n) is 17.6. The molecule has 0 spiro atoms. The lowest BCUT2D eigenvalue weighted by molar-refractivity contribution is 0.112. The van der Waals surface area contributed by atoms with Crippen molar-refractivity contribution in [2.45, 2.75) is 91.0 Å². The molecule has 0 aliphatic carbocycles. The molecule has 2 atom stereocenters. The van der Waals surface area contributed by atoms with Crippen LogP contribution < -0.4 is 0 Å². The van der Waals surface area contributed by atoms with Crippen molar-refractivity contribution < 1.29 is 4.43 Å². The highest BCUT2D eigenvalue weighted by atomic mass is 28.4. The van der Waals surface area contributed by atoms with E-state index in [4.69, 9.17) is 4.43 Å². The Labute approximate surface area is 153 Å². The second kappa shape index (κ2) is 9.77. The molecule has 0 saturated heterocycles. The van der Waals surface area contributed by atoms with Crippen molar-refractivity contribution in [3.05, 3.63) is 37.5 Å². The van der Waals surface area contributed by atoms with E-state index in [1.165, 1.54) is 0 Å². The molecule has 0 saturated carbocycles. The SMILES string of the molecule is C=CCC[C@@H](C=C[C@](C)(CCC=C)O[Si](C)(C)C(C)(C)C)C(C)C. The number of hydrogen-bond acceptors (Lipinski definition) is 1. The van der Waals surface area contributed by atoms with E-state index in [1.54, 1.807) is 0 Å². The van der Waals surface area contributed by atoms with Gasteiger partial charge in [-0.25, -0.2) is 0 Å². The van der Waals surface area contributed by atoms with E-state index >= 15 is 0 Å². The summed E-state index contributed by atoms with van der Waals surface area (Å²) in [6.45, 7) is 26.2. The molecule has 0 N–H and O–H groups in total. The largest absolute Gasteiger partial charge is 0.408 e. The molecule has 0 heterocycles. The zero-order valence-corrected chi connectivity index (χ0v) is 18.6. The van der Waals surface area contributed by atoms with Gasteiger partial charge in [0.15, 0.2) is 8.32 Å². The molecule has 0 amide bonds. The smallest absolute Gasteiger partial charge is 0.193 e. The Morgan fingerprint density at radius 3 is 1.96 bits per heavy atom. The molecule has 1 nitrogen and oxygen atoms in total. The van der Waals surface area contributed by atoms with Gasteiger partial charge in [0.1, 0.15) is 0 Å².